The van der Waals surface area contributed by atoms with Gasteiger partial charge in [0.2, 0.25) is 0 Å². The Morgan fingerprint density at radius 2 is 1.65 bits per heavy atom. The van der Waals surface area contributed by atoms with Crippen LogP contribution >= 0.6 is 11.3 Å². The van der Waals surface area contributed by atoms with Gasteiger partial charge < -0.3 is 5.32 Å². The van der Waals surface area contributed by atoms with Gasteiger partial charge in [-0.1, -0.05) is 42.0 Å². The molecule has 0 spiro atoms. The van der Waals surface area contributed by atoms with E-state index < -0.39 is 21.7 Å². The molecule has 0 bridgehead atoms. The van der Waals surface area contributed by atoms with Crippen LogP contribution in [0.1, 0.15) is 20.8 Å². The van der Waals surface area contributed by atoms with E-state index >= 15 is 0 Å². The average molecular weight is 495 g/mol. The van der Waals surface area contributed by atoms with Crippen molar-refractivity contribution in [3.63, 3.8) is 0 Å². The number of nitrogens with one attached hydrogen (secondary N) is 1. The van der Waals surface area contributed by atoms with Crippen LogP contribution in [0.15, 0.2) is 83.1 Å². The Bertz CT molecular complexity index is 1460. The topological polar surface area (TPSA) is 66.5 Å². The summed E-state index contributed by atoms with van der Waals surface area (Å²) in [6.07, 6.45) is 0. The summed E-state index contributed by atoms with van der Waals surface area (Å²) in [5, 5.41) is 4.37. The molecule has 0 aliphatic heterocycles. The van der Waals surface area contributed by atoms with Crippen molar-refractivity contribution in [3.8, 4) is 11.1 Å². The van der Waals surface area contributed by atoms with E-state index in [-0.39, 0.29) is 15.3 Å². The van der Waals surface area contributed by atoms with E-state index in [4.69, 9.17) is 0 Å². The second-order valence-corrected chi connectivity index (χ2v) is 10.7. The smallest absolute Gasteiger partial charge is 0.267 e. The van der Waals surface area contributed by atoms with Crippen LogP contribution in [0, 0.1) is 19.7 Å². The van der Waals surface area contributed by atoms with E-state index in [2.05, 4.69) is 5.32 Å². The summed E-state index contributed by atoms with van der Waals surface area (Å²) >= 11 is 1.01. The molecule has 0 atom stereocenters. The van der Waals surface area contributed by atoms with Crippen LogP contribution in [0.25, 0.3) is 11.1 Å². The lowest BCUT2D eigenvalue weighted by Crippen LogP contribution is -2.28. The first-order chi connectivity index (χ1) is 16.2. The van der Waals surface area contributed by atoms with Crippen LogP contribution in [-0.4, -0.2) is 21.4 Å². The first kappa shape index (κ1) is 23.7. The van der Waals surface area contributed by atoms with Gasteiger partial charge in [-0.15, -0.1) is 11.3 Å². The fraction of sp³-hybridized carbons (Fsp3) is 0.115. The van der Waals surface area contributed by atoms with E-state index in [1.807, 2.05) is 32.0 Å². The standard InChI is InChI=1S/C26H23FN2O3S2/c1-17-10-12-22(13-11-17)29(3)34(31,32)25-23(19-7-5-8-20(27)15-19)16-33-24(25)26(30)28-21-9-4-6-18(2)14-21/h4-16H,1-3H3,(H,28,30). The minimum atomic E-state index is -4.17. The number of hydrogen-bond acceptors (Lipinski definition) is 4. The van der Waals surface area contributed by atoms with E-state index in [1.54, 1.807) is 41.8 Å². The first-order valence-corrected chi connectivity index (χ1v) is 12.8. The second-order valence-electron chi connectivity index (χ2n) is 7.95. The van der Waals surface area contributed by atoms with Gasteiger partial charge in [-0.3, -0.25) is 9.10 Å². The number of benzene rings is 3. The predicted octanol–water partition coefficient (Wildman–Crippen LogP) is 6.25. The summed E-state index contributed by atoms with van der Waals surface area (Å²) in [4.78, 5) is 13.1. The number of amides is 1. The van der Waals surface area contributed by atoms with Gasteiger partial charge in [0.1, 0.15) is 15.6 Å². The highest BCUT2D eigenvalue weighted by molar-refractivity contribution is 7.93. The number of carbonyl (C=O) groups is 1. The molecule has 4 rings (SSSR count). The third-order valence-corrected chi connectivity index (χ3v) is 8.36. The van der Waals surface area contributed by atoms with Gasteiger partial charge in [0.25, 0.3) is 15.9 Å². The zero-order chi connectivity index (χ0) is 24.5. The van der Waals surface area contributed by atoms with Gasteiger partial charge in [-0.25, -0.2) is 12.8 Å². The van der Waals surface area contributed by atoms with Crippen LogP contribution in [0.5, 0.6) is 0 Å². The number of aryl methyl sites for hydroxylation is 2. The van der Waals surface area contributed by atoms with E-state index in [0.717, 1.165) is 26.8 Å². The van der Waals surface area contributed by atoms with Gasteiger partial charge in [0, 0.05) is 23.7 Å². The van der Waals surface area contributed by atoms with Crippen molar-refractivity contribution >= 4 is 38.6 Å². The number of rotatable bonds is 6. The van der Waals surface area contributed by atoms with Crippen molar-refractivity contribution in [2.24, 2.45) is 0 Å². The minimum absolute atomic E-state index is 0.0275. The molecule has 4 aromatic rings. The molecule has 0 aliphatic carbocycles. The molecule has 5 nitrogen and oxygen atoms in total. The number of nitrogens with zero attached hydrogens (tertiary/aromatic N) is 1. The number of thiophene rings is 1. The fourth-order valence-electron chi connectivity index (χ4n) is 3.56. The Hall–Kier alpha value is -3.49. The maximum absolute atomic E-state index is 14.0. The highest BCUT2D eigenvalue weighted by atomic mass is 32.2. The van der Waals surface area contributed by atoms with Crippen LogP contribution in [-0.2, 0) is 10.0 Å². The second kappa shape index (κ2) is 9.40. The van der Waals surface area contributed by atoms with E-state index in [9.17, 15) is 17.6 Å². The first-order valence-electron chi connectivity index (χ1n) is 10.5. The molecule has 0 fully saturated rings. The Kier molecular flexibility index (Phi) is 6.54. The van der Waals surface area contributed by atoms with Gasteiger partial charge in [0.05, 0.1) is 5.69 Å². The van der Waals surface area contributed by atoms with Crippen LogP contribution < -0.4 is 9.62 Å². The van der Waals surface area contributed by atoms with Crippen molar-refractivity contribution in [1.82, 2.24) is 0 Å². The quantitative estimate of drug-likeness (QED) is 0.345. The zero-order valence-electron chi connectivity index (χ0n) is 18.9. The van der Waals surface area contributed by atoms with Gasteiger partial charge >= 0.3 is 0 Å². The van der Waals surface area contributed by atoms with Gasteiger partial charge in [0.15, 0.2) is 0 Å². The number of hydrogen-bond donors (Lipinski definition) is 1. The van der Waals surface area contributed by atoms with Crippen LogP contribution in [0.2, 0.25) is 0 Å². The molecule has 0 saturated carbocycles. The number of halogens is 1. The highest BCUT2D eigenvalue weighted by Crippen LogP contribution is 2.38. The molecule has 0 saturated heterocycles. The molecule has 1 amide bonds. The lowest BCUT2D eigenvalue weighted by Gasteiger charge is -2.21. The Labute approximate surface area is 202 Å². The van der Waals surface area contributed by atoms with Crippen molar-refractivity contribution in [1.29, 1.82) is 0 Å². The van der Waals surface area contributed by atoms with Gasteiger partial charge in [-0.05, 0) is 61.4 Å². The maximum atomic E-state index is 14.0. The van der Waals surface area contributed by atoms with Crippen molar-refractivity contribution in [2.75, 3.05) is 16.7 Å². The molecule has 34 heavy (non-hydrogen) atoms. The normalized spacial score (nSPS) is 11.3. The predicted molar refractivity (Wildman–Crippen MR) is 136 cm³/mol. The molecule has 1 heterocycles. The molecule has 0 radical (unpaired) electrons. The lowest BCUT2D eigenvalue weighted by molar-refractivity contribution is 0.102. The minimum Gasteiger partial charge on any atom is -0.321 e. The molecular formula is C26H23FN2O3S2. The Balaban J connectivity index is 1.84. The highest BCUT2D eigenvalue weighted by Gasteiger charge is 2.33. The largest absolute Gasteiger partial charge is 0.321 e. The molecule has 0 aliphatic rings. The number of sulfonamides is 1. The SMILES string of the molecule is Cc1ccc(N(C)S(=O)(=O)c2c(-c3cccc(F)c3)csc2C(=O)Nc2cccc(C)c2)cc1. The summed E-state index contributed by atoms with van der Waals surface area (Å²) in [5.41, 5.74) is 3.60. The molecular weight excluding hydrogens is 471 g/mol. The van der Waals surface area contributed by atoms with E-state index in [1.165, 1.54) is 25.2 Å². The molecule has 1 aromatic heterocycles. The Morgan fingerprint density at radius 3 is 2.32 bits per heavy atom. The van der Waals surface area contributed by atoms with Crippen LogP contribution in [0.4, 0.5) is 15.8 Å². The number of anilines is 2. The lowest BCUT2D eigenvalue weighted by atomic mass is 10.1. The third-order valence-electron chi connectivity index (χ3n) is 5.38. The number of carbonyl (C=O) groups excluding carboxylic acids is 1. The molecule has 3 aromatic carbocycles. The fourth-order valence-corrected chi connectivity index (χ4v) is 6.41. The summed E-state index contributed by atoms with van der Waals surface area (Å²) in [6, 6.07) is 19.9. The summed E-state index contributed by atoms with van der Waals surface area (Å²) in [6.45, 7) is 3.81. The summed E-state index contributed by atoms with van der Waals surface area (Å²) < 4.78 is 42.8. The van der Waals surface area contributed by atoms with E-state index in [0.29, 0.717) is 16.9 Å². The monoisotopic (exact) mass is 494 g/mol. The molecule has 1 N–H and O–H groups in total. The summed E-state index contributed by atoms with van der Waals surface area (Å²) in [7, 11) is -2.73. The Morgan fingerprint density at radius 1 is 0.941 bits per heavy atom. The molecule has 0 unspecified atom stereocenters. The van der Waals surface area contributed by atoms with Crippen molar-refractivity contribution in [2.45, 2.75) is 18.7 Å². The molecule has 174 valence electrons. The average Bonchev–Trinajstić information content (AvgIpc) is 3.26. The third kappa shape index (κ3) is 4.73. The molecule has 8 heteroatoms. The van der Waals surface area contributed by atoms with Crippen molar-refractivity contribution < 1.29 is 17.6 Å². The zero-order valence-corrected chi connectivity index (χ0v) is 20.5. The van der Waals surface area contributed by atoms with Gasteiger partial charge in [-0.2, -0.15) is 0 Å². The summed E-state index contributed by atoms with van der Waals surface area (Å²) in [5.74, 6) is -1.04. The van der Waals surface area contributed by atoms with Crippen LogP contribution in [0.3, 0.4) is 0 Å². The maximum Gasteiger partial charge on any atom is 0.267 e. The van der Waals surface area contributed by atoms with Crippen molar-refractivity contribution in [3.05, 3.63) is 100.0 Å².